The van der Waals surface area contributed by atoms with Crippen LogP contribution < -0.4 is 5.32 Å². The molecule has 2 rings (SSSR count). The third-order valence-corrected chi connectivity index (χ3v) is 3.95. The van der Waals surface area contributed by atoms with Crippen LogP contribution in [0, 0.1) is 5.92 Å². The molecule has 1 aliphatic carbocycles. The van der Waals surface area contributed by atoms with Gasteiger partial charge in [-0.15, -0.1) is 0 Å². The van der Waals surface area contributed by atoms with Gasteiger partial charge in [0, 0.05) is 11.6 Å². The summed E-state index contributed by atoms with van der Waals surface area (Å²) in [5, 5.41) is 3.01. The van der Waals surface area contributed by atoms with E-state index >= 15 is 0 Å². The van der Waals surface area contributed by atoms with Crippen molar-refractivity contribution in [2.24, 2.45) is 5.92 Å². The van der Waals surface area contributed by atoms with Crippen molar-refractivity contribution in [2.75, 3.05) is 6.54 Å². The summed E-state index contributed by atoms with van der Waals surface area (Å²) in [6.07, 6.45) is 4.83. The lowest BCUT2D eigenvalue weighted by Crippen LogP contribution is -2.39. The Hall–Kier alpha value is -0.960. The molecule has 0 bridgehead atoms. The Kier molecular flexibility index (Phi) is 4.33. The summed E-state index contributed by atoms with van der Waals surface area (Å²) < 4.78 is 27.9. The smallest absolute Gasteiger partial charge is 0.285 e. The van der Waals surface area contributed by atoms with Crippen LogP contribution in [-0.4, -0.2) is 12.6 Å². The van der Waals surface area contributed by atoms with Gasteiger partial charge in [0.25, 0.3) is 5.92 Å². The zero-order chi connectivity index (χ0) is 13.0. The lowest BCUT2D eigenvalue weighted by molar-refractivity contribution is -0.00685. The van der Waals surface area contributed by atoms with Crippen molar-refractivity contribution in [3.63, 3.8) is 0 Å². The lowest BCUT2D eigenvalue weighted by atomic mass is 9.99. The molecule has 100 valence electrons. The van der Waals surface area contributed by atoms with Crippen molar-refractivity contribution >= 4 is 0 Å². The first kappa shape index (κ1) is 13.5. The first-order valence-electron chi connectivity index (χ1n) is 6.76. The van der Waals surface area contributed by atoms with Gasteiger partial charge in [0.15, 0.2) is 0 Å². The molecule has 0 heterocycles. The van der Waals surface area contributed by atoms with Crippen molar-refractivity contribution in [2.45, 2.75) is 44.6 Å². The fourth-order valence-electron chi connectivity index (χ4n) is 2.70. The van der Waals surface area contributed by atoms with Crippen LogP contribution in [0.3, 0.4) is 0 Å². The van der Waals surface area contributed by atoms with Crippen LogP contribution in [0.5, 0.6) is 0 Å². The van der Waals surface area contributed by atoms with Crippen molar-refractivity contribution < 1.29 is 8.78 Å². The molecule has 0 saturated heterocycles. The van der Waals surface area contributed by atoms with Crippen LogP contribution in [0.15, 0.2) is 30.3 Å². The molecule has 1 aromatic carbocycles. The fraction of sp³-hybridized carbons (Fsp3) is 0.600. The van der Waals surface area contributed by atoms with E-state index in [2.05, 4.69) is 5.32 Å². The standard InChI is InChI=1S/C15H21F2N/c1-12(13-7-5-6-8-13)18-11-15(16,17)14-9-3-2-4-10-14/h2-4,9-10,12-13,18H,5-8,11H2,1H3/t12-/m0/s1. The van der Waals surface area contributed by atoms with Crippen molar-refractivity contribution in [3.05, 3.63) is 35.9 Å². The molecule has 0 spiro atoms. The van der Waals surface area contributed by atoms with Crippen LogP contribution in [-0.2, 0) is 5.92 Å². The summed E-state index contributed by atoms with van der Waals surface area (Å²) in [7, 11) is 0. The predicted molar refractivity (Wildman–Crippen MR) is 69.8 cm³/mol. The van der Waals surface area contributed by atoms with Crippen LogP contribution in [0.1, 0.15) is 38.2 Å². The normalized spacial score (nSPS) is 19.1. The highest BCUT2D eigenvalue weighted by Gasteiger charge is 2.32. The van der Waals surface area contributed by atoms with Crippen LogP contribution in [0.4, 0.5) is 8.78 Å². The minimum atomic E-state index is -2.78. The van der Waals surface area contributed by atoms with E-state index in [0.717, 1.165) is 0 Å². The van der Waals surface area contributed by atoms with E-state index in [0.29, 0.717) is 5.92 Å². The van der Waals surface area contributed by atoms with Gasteiger partial charge in [-0.25, -0.2) is 0 Å². The van der Waals surface area contributed by atoms with Crippen molar-refractivity contribution in [1.82, 2.24) is 5.32 Å². The fourth-order valence-corrected chi connectivity index (χ4v) is 2.70. The van der Waals surface area contributed by atoms with E-state index in [1.54, 1.807) is 18.2 Å². The Labute approximate surface area is 108 Å². The number of halogens is 2. The molecule has 18 heavy (non-hydrogen) atoms. The second-order valence-electron chi connectivity index (χ2n) is 5.28. The largest absolute Gasteiger partial charge is 0.308 e. The Balaban J connectivity index is 1.88. The molecule has 1 N–H and O–H groups in total. The van der Waals surface area contributed by atoms with Gasteiger partial charge < -0.3 is 5.32 Å². The average molecular weight is 253 g/mol. The highest BCUT2D eigenvalue weighted by Crippen LogP contribution is 2.30. The molecular weight excluding hydrogens is 232 g/mol. The average Bonchev–Trinajstić information content (AvgIpc) is 2.91. The maximum atomic E-state index is 13.9. The minimum Gasteiger partial charge on any atom is -0.308 e. The predicted octanol–water partition coefficient (Wildman–Crippen LogP) is 3.95. The second-order valence-corrected chi connectivity index (χ2v) is 5.28. The lowest BCUT2D eigenvalue weighted by Gasteiger charge is -2.24. The number of hydrogen-bond donors (Lipinski definition) is 1. The first-order valence-corrected chi connectivity index (χ1v) is 6.76. The van der Waals surface area contributed by atoms with E-state index in [4.69, 9.17) is 0 Å². The molecule has 0 aliphatic heterocycles. The molecule has 3 heteroatoms. The summed E-state index contributed by atoms with van der Waals surface area (Å²) >= 11 is 0. The Morgan fingerprint density at radius 1 is 1.22 bits per heavy atom. The highest BCUT2D eigenvalue weighted by atomic mass is 19.3. The summed E-state index contributed by atoms with van der Waals surface area (Å²) in [5.74, 6) is -2.22. The number of benzene rings is 1. The van der Waals surface area contributed by atoms with Crippen LogP contribution in [0.25, 0.3) is 0 Å². The molecule has 1 atom stereocenters. The number of hydrogen-bond acceptors (Lipinski definition) is 1. The molecule has 1 fully saturated rings. The monoisotopic (exact) mass is 253 g/mol. The molecule has 1 nitrogen and oxygen atoms in total. The Morgan fingerprint density at radius 3 is 2.44 bits per heavy atom. The number of nitrogens with one attached hydrogen (secondary N) is 1. The zero-order valence-electron chi connectivity index (χ0n) is 10.8. The van der Waals surface area contributed by atoms with Crippen LogP contribution in [0.2, 0.25) is 0 Å². The van der Waals surface area contributed by atoms with Gasteiger partial charge in [0.2, 0.25) is 0 Å². The zero-order valence-corrected chi connectivity index (χ0v) is 10.8. The van der Waals surface area contributed by atoms with E-state index in [1.807, 2.05) is 6.92 Å². The van der Waals surface area contributed by atoms with Gasteiger partial charge in [0.05, 0.1) is 6.54 Å². The van der Waals surface area contributed by atoms with E-state index < -0.39 is 5.92 Å². The highest BCUT2D eigenvalue weighted by molar-refractivity contribution is 5.20. The van der Waals surface area contributed by atoms with Crippen LogP contribution >= 0.6 is 0 Å². The number of alkyl halides is 2. The van der Waals surface area contributed by atoms with E-state index in [1.165, 1.54) is 37.8 Å². The van der Waals surface area contributed by atoms with Crippen molar-refractivity contribution in [3.8, 4) is 0 Å². The molecule has 0 amide bonds. The topological polar surface area (TPSA) is 12.0 Å². The minimum absolute atomic E-state index is 0.0936. The maximum absolute atomic E-state index is 13.9. The Bertz CT molecular complexity index is 358. The van der Waals surface area contributed by atoms with Gasteiger partial charge in [-0.1, -0.05) is 43.2 Å². The Morgan fingerprint density at radius 2 is 1.83 bits per heavy atom. The SMILES string of the molecule is C[C@H](NCC(F)(F)c1ccccc1)C1CCCC1. The molecule has 0 radical (unpaired) electrons. The van der Waals surface area contributed by atoms with Crippen molar-refractivity contribution in [1.29, 1.82) is 0 Å². The van der Waals surface area contributed by atoms with Gasteiger partial charge in [0.1, 0.15) is 0 Å². The molecule has 1 aliphatic rings. The molecular formula is C15H21F2N. The van der Waals surface area contributed by atoms with Gasteiger partial charge >= 0.3 is 0 Å². The van der Waals surface area contributed by atoms with E-state index in [9.17, 15) is 8.78 Å². The molecule has 0 unspecified atom stereocenters. The number of rotatable bonds is 5. The summed E-state index contributed by atoms with van der Waals surface area (Å²) in [5.41, 5.74) is 0.0936. The molecule has 1 aromatic rings. The third-order valence-electron chi connectivity index (χ3n) is 3.95. The second kappa shape index (κ2) is 5.79. The maximum Gasteiger partial charge on any atom is 0.285 e. The summed E-state index contributed by atoms with van der Waals surface area (Å²) in [4.78, 5) is 0. The van der Waals surface area contributed by atoms with Gasteiger partial charge in [-0.3, -0.25) is 0 Å². The quantitative estimate of drug-likeness (QED) is 0.838. The van der Waals surface area contributed by atoms with Gasteiger partial charge in [-0.2, -0.15) is 8.78 Å². The van der Waals surface area contributed by atoms with E-state index in [-0.39, 0.29) is 18.2 Å². The molecule has 1 saturated carbocycles. The van der Waals surface area contributed by atoms with Gasteiger partial charge in [-0.05, 0) is 25.7 Å². The summed E-state index contributed by atoms with van der Waals surface area (Å²) in [6, 6.07) is 8.23. The first-order chi connectivity index (χ1) is 8.59. The summed E-state index contributed by atoms with van der Waals surface area (Å²) in [6.45, 7) is 1.76. The molecule has 0 aromatic heterocycles. The third kappa shape index (κ3) is 3.29.